The predicted octanol–water partition coefficient (Wildman–Crippen LogP) is 1.24. The number of nitrogens with one attached hydrogen (secondary N) is 1. The molecule has 114 valence electrons. The number of likely N-dealkylation sites (tertiary alicyclic amines) is 1. The van der Waals surface area contributed by atoms with Crippen molar-refractivity contribution in [2.45, 2.75) is 38.6 Å². The van der Waals surface area contributed by atoms with Gasteiger partial charge in [0.15, 0.2) is 0 Å². The molecular weight excluding hydrogens is 272 g/mol. The average Bonchev–Trinajstić information content (AvgIpc) is 2.91. The third-order valence-corrected chi connectivity index (χ3v) is 3.43. The summed E-state index contributed by atoms with van der Waals surface area (Å²) in [5.74, 6) is -0.0891. The lowest BCUT2D eigenvalue weighted by atomic mass is 10.2. The van der Waals surface area contributed by atoms with E-state index in [0.717, 1.165) is 12.0 Å². The average molecular weight is 292 g/mol. The number of aliphatic hydroxyl groups is 1. The van der Waals surface area contributed by atoms with Gasteiger partial charge in [-0.05, 0) is 18.9 Å². The maximum Gasteiger partial charge on any atom is 0.407 e. The normalized spacial score (nSPS) is 17.4. The molecule has 0 bridgehead atoms. The van der Waals surface area contributed by atoms with Crippen molar-refractivity contribution in [2.75, 3.05) is 6.54 Å². The molecule has 0 aromatic heterocycles. The van der Waals surface area contributed by atoms with Crippen molar-refractivity contribution in [3.63, 3.8) is 0 Å². The van der Waals surface area contributed by atoms with Crippen LogP contribution in [0.2, 0.25) is 0 Å². The molecule has 0 saturated carbocycles. The highest BCUT2D eigenvalue weighted by Crippen LogP contribution is 2.14. The predicted molar refractivity (Wildman–Crippen MR) is 76.2 cm³/mol. The summed E-state index contributed by atoms with van der Waals surface area (Å²) in [6.07, 6.45) is -0.454. The van der Waals surface area contributed by atoms with Crippen molar-refractivity contribution in [1.82, 2.24) is 10.2 Å². The van der Waals surface area contributed by atoms with Crippen LogP contribution >= 0.6 is 0 Å². The van der Waals surface area contributed by atoms with Crippen LogP contribution in [0.1, 0.15) is 25.3 Å². The van der Waals surface area contributed by atoms with Gasteiger partial charge in [-0.1, -0.05) is 30.3 Å². The van der Waals surface area contributed by atoms with E-state index in [2.05, 4.69) is 5.32 Å². The van der Waals surface area contributed by atoms with Crippen molar-refractivity contribution < 1.29 is 19.4 Å². The van der Waals surface area contributed by atoms with Gasteiger partial charge < -0.3 is 20.1 Å². The second-order valence-electron chi connectivity index (χ2n) is 5.10. The maximum absolute atomic E-state index is 11.7. The molecule has 2 rings (SSSR count). The molecule has 0 radical (unpaired) electrons. The summed E-state index contributed by atoms with van der Waals surface area (Å²) < 4.78 is 5.07. The first-order valence-corrected chi connectivity index (χ1v) is 7.02. The maximum atomic E-state index is 11.7. The summed E-state index contributed by atoms with van der Waals surface area (Å²) in [6, 6.07) is 8.73. The second-order valence-corrected chi connectivity index (χ2v) is 5.10. The Morgan fingerprint density at radius 3 is 2.76 bits per heavy atom. The largest absolute Gasteiger partial charge is 0.445 e. The Kier molecular flexibility index (Phi) is 5.16. The fraction of sp³-hybridized carbons (Fsp3) is 0.467. The number of benzene rings is 1. The van der Waals surface area contributed by atoms with E-state index in [1.54, 1.807) is 6.92 Å². The highest BCUT2D eigenvalue weighted by atomic mass is 16.5. The van der Waals surface area contributed by atoms with Gasteiger partial charge in [0.1, 0.15) is 12.8 Å². The number of carbonyl (C=O) groups excluding carboxylic acids is 2. The molecule has 1 aliphatic rings. The lowest BCUT2D eigenvalue weighted by Gasteiger charge is -2.28. The van der Waals surface area contributed by atoms with Crippen LogP contribution in [0.5, 0.6) is 0 Å². The summed E-state index contributed by atoms with van der Waals surface area (Å²) in [4.78, 5) is 24.6. The molecule has 0 aliphatic carbocycles. The monoisotopic (exact) mass is 292 g/mol. The second kappa shape index (κ2) is 7.08. The summed E-state index contributed by atoms with van der Waals surface area (Å²) in [5.41, 5.74) is 0.885. The fourth-order valence-electron chi connectivity index (χ4n) is 2.24. The lowest BCUT2D eigenvalue weighted by molar-refractivity contribution is -0.137. The molecule has 2 N–H and O–H groups in total. The lowest BCUT2D eigenvalue weighted by Crippen LogP contribution is -2.50. The third-order valence-electron chi connectivity index (χ3n) is 3.43. The van der Waals surface area contributed by atoms with Crippen molar-refractivity contribution in [2.24, 2.45) is 0 Å². The molecule has 6 nitrogen and oxygen atoms in total. The Labute approximate surface area is 123 Å². The van der Waals surface area contributed by atoms with Gasteiger partial charge >= 0.3 is 6.09 Å². The molecule has 1 aromatic carbocycles. The Balaban J connectivity index is 1.77. The summed E-state index contributed by atoms with van der Waals surface area (Å²) in [5, 5.41) is 12.6. The Bertz CT molecular complexity index is 492. The van der Waals surface area contributed by atoms with Crippen molar-refractivity contribution in [3.05, 3.63) is 35.9 Å². The number of aliphatic hydroxyl groups excluding tert-OH is 1. The standard InChI is InChI=1S/C15H20N2O4/c1-11(14(19)17-9-5-8-13(17)18)16-15(20)21-10-12-6-3-2-4-7-12/h2-4,6-7,11,14,19H,5,8-10H2,1H3,(H,16,20)/t11-,14-/m1/s1. The Morgan fingerprint density at radius 2 is 2.14 bits per heavy atom. The van der Waals surface area contributed by atoms with Gasteiger partial charge in [0.05, 0.1) is 6.04 Å². The van der Waals surface area contributed by atoms with E-state index < -0.39 is 18.4 Å². The minimum atomic E-state index is -1.02. The van der Waals surface area contributed by atoms with Crippen LogP contribution in [-0.4, -0.2) is 40.8 Å². The first-order chi connectivity index (χ1) is 10.1. The van der Waals surface area contributed by atoms with Gasteiger partial charge in [-0.15, -0.1) is 0 Å². The zero-order valence-electron chi connectivity index (χ0n) is 12.0. The zero-order chi connectivity index (χ0) is 15.2. The summed E-state index contributed by atoms with van der Waals surface area (Å²) in [6.45, 7) is 2.32. The number of carbonyl (C=O) groups is 2. The number of rotatable bonds is 5. The number of hydrogen-bond acceptors (Lipinski definition) is 4. The van der Waals surface area contributed by atoms with Crippen LogP contribution in [0.3, 0.4) is 0 Å². The van der Waals surface area contributed by atoms with Crippen LogP contribution in [0.25, 0.3) is 0 Å². The van der Waals surface area contributed by atoms with E-state index >= 15 is 0 Å². The molecular formula is C15H20N2O4. The molecule has 21 heavy (non-hydrogen) atoms. The number of nitrogens with zero attached hydrogens (tertiary/aromatic N) is 1. The fourth-order valence-corrected chi connectivity index (χ4v) is 2.24. The first kappa shape index (κ1) is 15.3. The molecule has 1 aliphatic heterocycles. The minimum absolute atomic E-state index is 0.0891. The molecule has 1 heterocycles. The topological polar surface area (TPSA) is 78.9 Å². The van der Waals surface area contributed by atoms with Gasteiger partial charge in [-0.25, -0.2) is 4.79 Å². The van der Waals surface area contributed by atoms with Gasteiger partial charge in [0, 0.05) is 13.0 Å². The number of hydrogen-bond donors (Lipinski definition) is 2. The summed E-state index contributed by atoms with van der Waals surface area (Å²) >= 11 is 0. The van der Waals surface area contributed by atoms with Gasteiger partial charge in [-0.2, -0.15) is 0 Å². The number of amides is 2. The Hall–Kier alpha value is -2.08. The van der Waals surface area contributed by atoms with Gasteiger partial charge in [0.2, 0.25) is 5.91 Å². The zero-order valence-corrected chi connectivity index (χ0v) is 12.0. The van der Waals surface area contributed by atoms with E-state index in [1.807, 2.05) is 30.3 Å². The molecule has 6 heteroatoms. The highest BCUT2D eigenvalue weighted by molar-refractivity contribution is 5.78. The SMILES string of the molecule is C[C@@H](NC(=O)OCc1ccccc1)[C@@H](O)N1CCCC1=O. The van der Waals surface area contributed by atoms with Crippen LogP contribution in [0.4, 0.5) is 4.79 Å². The van der Waals surface area contributed by atoms with E-state index in [-0.39, 0.29) is 12.5 Å². The summed E-state index contributed by atoms with van der Waals surface area (Å²) in [7, 11) is 0. The van der Waals surface area contributed by atoms with E-state index in [1.165, 1.54) is 4.90 Å². The molecule has 1 fully saturated rings. The van der Waals surface area contributed by atoms with Crippen molar-refractivity contribution in [1.29, 1.82) is 0 Å². The number of ether oxygens (including phenoxy) is 1. The third kappa shape index (κ3) is 4.19. The van der Waals surface area contributed by atoms with E-state index in [4.69, 9.17) is 4.74 Å². The minimum Gasteiger partial charge on any atom is -0.445 e. The highest BCUT2D eigenvalue weighted by Gasteiger charge is 2.30. The first-order valence-electron chi connectivity index (χ1n) is 7.02. The molecule has 1 aromatic rings. The van der Waals surface area contributed by atoms with Gasteiger partial charge in [-0.3, -0.25) is 4.79 Å². The van der Waals surface area contributed by atoms with Crippen LogP contribution < -0.4 is 5.32 Å². The van der Waals surface area contributed by atoms with E-state index in [0.29, 0.717) is 13.0 Å². The molecule has 1 saturated heterocycles. The molecule has 2 atom stereocenters. The molecule has 0 unspecified atom stereocenters. The number of alkyl carbamates (subject to hydrolysis) is 1. The van der Waals surface area contributed by atoms with Crippen molar-refractivity contribution in [3.8, 4) is 0 Å². The molecule has 0 spiro atoms. The van der Waals surface area contributed by atoms with E-state index in [9.17, 15) is 14.7 Å². The van der Waals surface area contributed by atoms with Crippen LogP contribution in [-0.2, 0) is 16.1 Å². The smallest absolute Gasteiger partial charge is 0.407 e. The Morgan fingerprint density at radius 1 is 1.43 bits per heavy atom. The quantitative estimate of drug-likeness (QED) is 0.856. The molecule has 2 amide bonds. The van der Waals surface area contributed by atoms with Gasteiger partial charge in [0.25, 0.3) is 0 Å². The van der Waals surface area contributed by atoms with Crippen LogP contribution in [0, 0.1) is 0 Å². The van der Waals surface area contributed by atoms with Crippen molar-refractivity contribution >= 4 is 12.0 Å². The van der Waals surface area contributed by atoms with Crippen LogP contribution in [0.15, 0.2) is 30.3 Å².